The zero-order chi connectivity index (χ0) is 29.2. The summed E-state index contributed by atoms with van der Waals surface area (Å²) in [4.78, 5) is 0. The van der Waals surface area contributed by atoms with Gasteiger partial charge in [-0.15, -0.1) is 0 Å². The van der Waals surface area contributed by atoms with Gasteiger partial charge in [0.1, 0.15) is 0 Å². The van der Waals surface area contributed by atoms with Crippen molar-refractivity contribution < 1.29 is 0 Å². The van der Waals surface area contributed by atoms with E-state index < -0.39 is 0 Å². The van der Waals surface area contributed by atoms with Crippen molar-refractivity contribution in [3.8, 4) is 11.1 Å². The lowest BCUT2D eigenvalue weighted by Crippen LogP contribution is -2.37. The smallest absolute Gasteiger partial charge is 0.0526 e. The van der Waals surface area contributed by atoms with E-state index in [2.05, 4.69) is 159 Å². The van der Waals surface area contributed by atoms with Crippen molar-refractivity contribution in [3.63, 3.8) is 0 Å². The number of allylic oxidation sites excluding steroid dienone is 4. The van der Waals surface area contributed by atoms with Crippen LogP contribution < -0.4 is 0 Å². The standard InChI is InChI=1S/C41H44/c1-27-13-17-30(18-14-27)41(29-11-9-10-12-29,31-19-15-28(2)16-20-31)38-34-23-21-32(39(3,4)5)25-36(34)37-26-33(40(6,7)8)22-24-35(37)38/h9-11,13-26,38H,12H2,1-8H3. The van der Waals surface area contributed by atoms with Crippen molar-refractivity contribution in [3.05, 3.63) is 153 Å². The van der Waals surface area contributed by atoms with Crippen molar-refractivity contribution in [1.29, 1.82) is 0 Å². The monoisotopic (exact) mass is 536 g/mol. The molecule has 0 spiro atoms. The summed E-state index contributed by atoms with van der Waals surface area (Å²) in [6, 6.07) is 33.4. The normalized spacial score (nSPS) is 15.2. The largest absolute Gasteiger partial charge is 0.0804 e. The number of fused-ring (bicyclic) bond motifs is 3. The summed E-state index contributed by atoms with van der Waals surface area (Å²) in [5.41, 5.74) is 15.1. The third-order valence-corrected chi connectivity index (χ3v) is 9.48. The Bertz CT molecular complexity index is 1550. The molecular weight excluding hydrogens is 492 g/mol. The maximum Gasteiger partial charge on any atom is 0.0526 e. The van der Waals surface area contributed by atoms with Gasteiger partial charge < -0.3 is 0 Å². The molecule has 2 aliphatic carbocycles. The zero-order valence-corrected chi connectivity index (χ0v) is 26.1. The number of hydrogen-bond acceptors (Lipinski definition) is 0. The van der Waals surface area contributed by atoms with E-state index in [9.17, 15) is 0 Å². The lowest BCUT2D eigenvalue weighted by molar-refractivity contribution is 0.525. The van der Waals surface area contributed by atoms with E-state index in [-0.39, 0.29) is 22.2 Å². The molecule has 0 heterocycles. The van der Waals surface area contributed by atoms with Crippen LogP contribution in [0.15, 0.2) is 109 Å². The Hall–Kier alpha value is -3.64. The van der Waals surface area contributed by atoms with Gasteiger partial charge in [-0.25, -0.2) is 0 Å². The van der Waals surface area contributed by atoms with Crippen LogP contribution in [0, 0.1) is 13.8 Å². The van der Waals surface area contributed by atoms with E-state index in [1.165, 1.54) is 61.2 Å². The molecule has 0 saturated heterocycles. The summed E-state index contributed by atoms with van der Waals surface area (Å²) >= 11 is 0. The van der Waals surface area contributed by atoms with Crippen molar-refractivity contribution in [1.82, 2.24) is 0 Å². The van der Waals surface area contributed by atoms with E-state index >= 15 is 0 Å². The summed E-state index contributed by atoms with van der Waals surface area (Å²) in [6.45, 7) is 18.3. The van der Waals surface area contributed by atoms with Crippen LogP contribution in [0.25, 0.3) is 11.1 Å². The van der Waals surface area contributed by atoms with Crippen molar-refractivity contribution in [2.45, 2.75) is 84.0 Å². The topological polar surface area (TPSA) is 0 Å². The third-order valence-electron chi connectivity index (χ3n) is 9.48. The van der Waals surface area contributed by atoms with Crippen molar-refractivity contribution >= 4 is 0 Å². The molecule has 0 radical (unpaired) electrons. The number of hydrogen-bond donors (Lipinski definition) is 0. The molecule has 0 fully saturated rings. The lowest BCUT2D eigenvalue weighted by atomic mass is 9.58. The minimum atomic E-state index is -0.336. The highest BCUT2D eigenvalue weighted by Gasteiger charge is 2.50. The average molecular weight is 537 g/mol. The molecule has 41 heavy (non-hydrogen) atoms. The molecule has 0 atom stereocenters. The third kappa shape index (κ3) is 4.53. The number of benzene rings is 4. The molecule has 0 N–H and O–H groups in total. The first-order chi connectivity index (χ1) is 19.4. The molecule has 0 unspecified atom stereocenters. The fourth-order valence-corrected chi connectivity index (χ4v) is 7.08. The van der Waals surface area contributed by atoms with E-state index in [0.29, 0.717) is 0 Å². The number of aryl methyl sites for hydroxylation is 2. The van der Waals surface area contributed by atoms with Gasteiger partial charge in [0, 0.05) is 5.92 Å². The summed E-state index contributed by atoms with van der Waals surface area (Å²) in [5.74, 6) is 0.159. The van der Waals surface area contributed by atoms with Gasteiger partial charge >= 0.3 is 0 Å². The van der Waals surface area contributed by atoms with Crippen LogP contribution in [0.1, 0.15) is 98.4 Å². The molecule has 208 valence electrons. The van der Waals surface area contributed by atoms with E-state index in [0.717, 1.165) is 6.42 Å². The van der Waals surface area contributed by atoms with E-state index in [1.54, 1.807) is 0 Å². The first kappa shape index (κ1) is 27.5. The highest BCUT2D eigenvalue weighted by atomic mass is 14.5. The van der Waals surface area contributed by atoms with Gasteiger partial charge in [-0.05, 0) is 75.6 Å². The van der Waals surface area contributed by atoms with Crippen LogP contribution in [0.3, 0.4) is 0 Å². The molecule has 0 aromatic heterocycles. The highest BCUT2D eigenvalue weighted by Crippen LogP contribution is 2.61. The van der Waals surface area contributed by atoms with Crippen LogP contribution in [0.2, 0.25) is 0 Å². The minimum Gasteiger partial charge on any atom is -0.0804 e. The first-order valence-corrected chi connectivity index (χ1v) is 15.2. The van der Waals surface area contributed by atoms with Gasteiger partial charge in [0.2, 0.25) is 0 Å². The minimum absolute atomic E-state index is 0.0812. The molecular formula is C41H44. The molecule has 4 aromatic rings. The van der Waals surface area contributed by atoms with Crippen LogP contribution in [-0.2, 0) is 16.2 Å². The Kier molecular flexibility index (Phi) is 6.53. The molecule has 0 saturated carbocycles. The van der Waals surface area contributed by atoms with E-state index in [4.69, 9.17) is 0 Å². The van der Waals surface area contributed by atoms with Crippen LogP contribution in [-0.4, -0.2) is 0 Å². The molecule has 0 aliphatic heterocycles. The second-order valence-electron chi connectivity index (χ2n) is 14.4. The predicted molar refractivity (Wildman–Crippen MR) is 176 cm³/mol. The van der Waals surface area contributed by atoms with Crippen molar-refractivity contribution in [2.75, 3.05) is 0 Å². The molecule has 6 rings (SSSR count). The molecule has 2 aliphatic rings. The molecule has 0 nitrogen and oxygen atoms in total. The van der Waals surface area contributed by atoms with Gasteiger partial charge in [-0.3, -0.25) is 0 Å². The number of rotatable bonds is 4. The van der Waals surface area contributed by atoms with E-state index in [1.807, 2.05) is 0 Å². The Labute approximate surface area is 247 Å². The van der Waals surface area contributed by atoms with Crippen LogP contribution in [0.4, 0.5) is 0 Å². The summed E-state index contributed by atoms with van der Waals surface area (Å²) in [6.07, 6.45) is 7.94. The van der Waals surface area contributed by atoms with Crippen LogP contribution >= 0.6 is 0 Å². The second-order valence-corrected chi connectivity index (χ2v) is 14.4. The van der Waals surface area contributed by atoms with Gasteiger partial charge in [0.15, 0.2) is 0 Å². The molecule has 0 amide bonds. The van der Waals surface area contributed by atoms with Gasteiger partial charge in [0.25, 0.3) is 0 Å². The average Bonchev–Trinajstić information content (AvgIpc) is 3.57. The highest BCUT2D eigenvalue weighted by molar-refractivity contribution is 5.83. The van der Waals surface area contributed by atoms with Gasteiger partial charge in [-0.2, -0.15) is 0 Å². The Morgan fingerprint density at radius 3 is 1.32 bits per heavy atom. The first-order valence-electron chi connectivity index (χ1n) is 15.2. The maximum atomic E-state index is 2.50. The zero-order valence-electron chi connectivity index (χ0n) is 26.1. The molecule has 4 aromatic carbocycles. The summed E-state index contributed by atoms with van der Waals surface area (Å²) in [5, 5.41) is 0. The summed E-state index contributed by atoms with van der Waals surface area (Å²) < 4.78 is 0. The van der Waals surface area contributed by atoms with Crippen LogP contribution in [0.5, 0.6) is 0 Å². The maximum absolute atomic E-state index is 2.50. The molecule has 0 bridgehead atoms. The van der Waals surface area contributed by atoms with Gasteiger partial charge in [-0.1, -0.05) is 161 Å². The predicted octanol–water partition coefficient (Wildman–Crippen LogP) is 10.9. The van der Waals surface area contributed by atoms with Crippen molar-refractivity contribution in [2.24, 2.45) is 0 Å². The fraction of sp³-hybridized carbons (Fsp3) is 0.317. The lowest BCUT2D eigenvalue weighted by Gasteiger charge is -2.43. The Balaban J connectivity index is 1.74. The van der Waals surface area contributed by atoms with Gasteiger partial charge in [0.05, 0.1) is 5.41 Å². The Morgan fingerprint density at radius 1 is 0.537 bits per heavy atom. The Morgan fingerprint density at radius 2 is 0.951 bits per heavy atom. The summed E-state index contributed by atoms with van der Waals surface area (Å²) in [7, 11) is 0. The SMILES string of the molecule is Cc1ccc(C(C2=CC=CC2)(c2ccc(C)cc2)C2c3ccc(C(C)(C)C)cc3-c3cc(C(C)(C)C)ccc32)cc1. The fourth-order valence-electron chi connectivity index (χ4n) is 7.08. The quantitative estimate of drug-likeness (QED) is 0.243. The second kappa shape index (κ2) is 9.73. The molecule has 0 heteroatoms.